The predicted octanol–water partition coefficient (Wildman–Crippen LogP) is 1.14. The van der Waals surface area contributed by atoms with Crippen molar-refractivity contribution in [3.8, 4) is 0 Å². The first-order valence-electron chi connectivity index (χ1n) is 7.11. The van der Waals surface area contributed by atoms with Crippen molar-refractivity contribution in [3.05, 3.63) is 28.3 Å². The van der Waals surface area contributed by atoms with E-state index in [1.165, 1.54) is 6.07 Å². The van der Waals surface area contributed by atoms with Crippen LogP contribution in [0.2, 0.25) is 0 Å². The lowest BCUT2D eigenvalue weighted by Crippen LogP contribution is -2.44. The van der Waals surface area contributed by atoms with Crippen LogP contribution in [0.15, 0.2) is 18.2 Å². The summed E-state index contributed by atoms with van der Waals surface area (Å²) in [5.74, 6) is 0. The molecule has 0 spiro atoms. The molecule has 0 radical (unpaired) electrons. The van der Waals surface area contributed by atoms with Crippen LogP contribution in [-0.4, -0.2) is 60.8 Å². The summed E-state index contributed by atoms with van der Waals surface area (Å²) in [5, 5.41) is 23.4. The topological polar surface area (TPSA) is 81.9 Å². The minimum Gasteiger partial charge on any atom is -0.392 e. The molecule has 2 N–H and O–H groups in total. The Bertz CT molecular complexity index is 499. The fraction of sp³-hybridized carbons (Fsp3) is 0.571. The number of hydrogen-bond donors (Lipinski definition) is 2. The summed E-state index contributed by atoms with van der Waals surface area (Å²) in [6.07, 6.45) is -0.558. The zero-order chi connectivity index (χ0) is 15.4. The summed E-state index contributed by atoms with van der Waals surface area (Å²) in [6, 6.07) is 5.11. The lowest BCUT2D eigenvalue weighted by molar-refractivity contribution is -0.383. The average Bonchev–Trinajstić information content (AvgIpc) is 2.45. The van der Waals surface area contributed by atoms with Crippen LogP contribution in [0.1, 0.15) is 6.92 Å². The number of piperazine rings is 1. The van der Waals surface area contributed by atoms with Gasteiger partial charge in [0.05, 0.1) is 11.0 Å². The van der Waals surface area contributed by atoms with Crippen LogP contribution in [0, 0.1) is 10.1 Å². The molecule has 116 valence electrons. The smallest absolute Gasteiger partial charge is 0.292 e. The lowest BCUT2D eigenvalue weighted by Gasteiger charge is -2.34. The molecule has 1 heterocycles. The van der Waals surface area contributed by atoms with Crippen molar-refractivity contribution in [2.45, 2.75) is 13.0 Å². The summed E-state index contributed by atoms with van der Waals surface area (Å²) in [5.41, 5.74) is 1.47. The highest BCUT2D eigenvalue weighted by Gasteiger charge is 2.19. The highest BCUT2D eigenvalue weighted by atomic mass is 16.6. The van der Waals surface area contributed by atoms with Crippen LogP contribution in [0.25, 0.3) is 0 Å². The van der Waals surface area contributed by atoms with Gasteiger partial charge in [0.2, 0.25) is 0 Å². The molecule has 0 aliphatic carbocycles. The van der Waals surface area contributed by atoms with E-state index in [9.17, 15) is 15.2 Å². The van der Waals surface area contributed by atoms with E-state index in [0.29, 0.717) is 5.69 Å². The Morgan fingerprint density at radius 2 is 2.05 bits per heavy atom. The fourth-order valence-corrected chi connectivity index (χ4v) is 2.34. The van der Waals surface area contributed by atoms with Gasteiger partial charge in [-0.15, -0.1) is 0 Å². The minimum absolute atomic E-state index is 0.0357. The number of aliphatic hydroxyl groups is 1. The van der Waals surface area contributed by atoms with Crippen molar-refractivity contribution in [2.75, 3.05) is 50.0 Å². The van der Waals surface area contributed by atoms with Gasteiger partial charge in [-0.25, -0.2) is 0 Å². The molecule has 7 nitrogen and oxygen atoms in total. The molecule has 1 aliphatic rings. The number of anilines is 2. The Hall–Kier alpha value is -1.86. The van der Waals surface area contributed by atoms with Gasteiger partial charge in [-0.2, -0.15) is 0 Å². The quantitative estimate of drug-likeness (QED) is 0.626. The molecule has 1 atom stereocenters. The van der Waals surface area contributed by atoms with Gasteiger partial charge < -0.3 is 20.2 Å². The molecule has 0 aromatic heterocycles. The maximum absolute atomic E-state index is 11.1. The first kappa shape index (κ1) is 15.5. The van der Waals surface area contributed by atoms with Crippen molar-refractivity contribution >= 4 is 17.1 Å². The first-order chi connectivity index (χ1) is 9.97. The second kappa shape index (κ2) is 6.73. The third kappa shape index (κ3) is 4.05. The second-order valence-corrected chi connectivity index (χ2v) is 5.48. The van der Waals surface area contributed by atoms with E-state index in [2.05, 4.69) is 22.2 Å². The van der Waals surface area contributed by atoms with Gasteiger partial charge in [0.25, 0.3) is 5.69 Å². The molecule has 1 unspecified atom stereocenters. The van der Waals surface area contributed by atoms with Gasteiger partial charge in [-0.05, 0) is 26.1 Å². The lowest BCUT2D eigenvalue weighted by atomic mass is 10.2. The fourth-order valence-electron chi connectivity index (χ4n) is 2.34. The third-order valence-corrected chi connectivity index (χ3v) is 3.63. The van der Waals surface area contributed by atoms with Gasteiger partial charge in [-0.1, -0.05) is 0 Å². The van der Waals surface area contributed by atoms with E-state index < -0.39 is 11.0 Å². The molecule has 2 rings (SSSR count). The Kier molecular flexibility index (Phi) is 4.98. The standard InChI is InChI=1S/C14H22N4O3/c1-11(19)10-15-13-9-12(3-4-14(13)18(20)21)17-7-5-16(2)6-8-17/h3-4,9,11,15,19H,5-8,10H2,1-2H3. The van der Waals surface area contributed by atoms with Gasteiger partial charge in [0.1, 0.15) is 5.69 Å². The molecule has 1 saturated heterocycles. The van der Waals surface area contributed by atoms with Gasteiger partial charge >= 0.3 is 0 Å². The summed E-state index contributed by atoms with van der Waals surface area (Å²) in [7, 11) is 2.09. The maximum atomic E-state index is 11.1. The summed E-state index contributed by atoms with van der Waals surface area (Å²) in [4.78, 5) is 15.2. The van der Waals surface area contributed by atoms with Crippen LogP contribution in [0.4, 0.5) is 17.1 Å². The van der Waals surface area contributed by atoms with Crippen molar-refractivity contribution in [1.82, 2.24) is 4.90 Å². The Labute approximate surface area is 124 Å². The molecular weight excluding hydrogens is 272 g/mol. The molecule has 1 aromatic carbocycles. The molecule has 7 heteroatoms. The zero-order valence-electron chi connectivity index (χ0n) is 12.5. The number of rotatable bonds is 5. The number of nitrogens with zero attached hydrogens (tertiary/aromatic N) is 3. The third-order valence-electron chi connectivity index (χ3n) is 3.63. The first-order valence-corrected chi connectivity index (χ1v) is 7.11. The van der Waals surface area contributed by atoms with Crippen LogP contribution in [0.3, 0.4) is 0 Å². The molecule has 0 bridgehead atoms. The number of nitro groups is 1. The Morgan fingerprint density at radius 3 is 2.62 bits per heavy atom. The minimum atomic E-state index is -0.558. The Balaban J connectivity index is 2.19. The largest absolute Gasteiger partial charge is 0.392 e. The number of nitrogens with one attached hydrogen (secondary N) is 1. The molecule has 1 aromatic rings. The van der Waals surface area contributed by atoms with Crippen LogP contribution < -0.4 is 10.2 Å². The summed E-state index contributed by atoms with van der Waals surface area (Å²) < 4.78 is 0. The highest BCUT2D eigenvalue weighted by molar-refractivity contribution is 5.69. The van der Waals surface area contributed by atoms with Crippen molar-refractivity contribution in [2.24, 2.45) is 0 Å². The normalized spacial score (nSPS) is 17.6. The second-order valence-electron chi connectivity index (χ2n) is 5.48. The average molecular weight is 294 g/mol. The van der Waals surface area contributed by atoms with Crippen LogP contribution in [0.5, 0.6) is 0 Å². The monoisotopic (exact) mass is 294 g/mol. The van der Waals surface area contributed by atoms with Crippen molar-refractivity contribution in [3.63, 3.8) is 0 Å². The zero-order valence-corrected chi connectivity index (χ0v) is 12.5. The summed E-state index contributed by atoms with van der Waals surface area (Å²) in [6.45, 7) is 5.70. The van der Waals surface area contributed by atoms with E-state index in [4.69, 9.17) is 0 Å². The van der Waals surface area contributed by atoms with Crippen molar-refractivity contribution in [1.29, 1.82) is 0 Å². The van der Waals surface area contributed by atoms with Gasteiger partial charge in [0.15, 0.2) is 0 Å². The van der Waals surface area contributed by atoms with Gasteiger partial charge in [-0.3, -0.25) is 10.1 Å². The van der Waals surface area contributed by atoms with E-state index >= 15 is 0 Å². The van der Waals surface area contributed by atoms with E-state index in [1.807, 2.05) is 0 Å². The molecule has 1 aliphatic heterocycles. The number of nitro benzene ring substituents is 1. The van der Waals surface area contributed by atoms with Gasteiger partial charge in [0, 0.05) is 44.5 Å². The number of likely N-dealkylation sites (N-methyl/N-ethyl adjacent to an activating group) is 1. The molecule has 0 amide bonds. The molecule has 0 saturated carbocycles. The molecule has 1 fully saturated rings. The SMILES string of the molecule is CC(O)CNc1cc(N2CCN(C)CC2)ccc1[N+](=O)[O-]. The number of aliphatic hydroxyl groups excluding tert-OH is 1. The number of hydrogen-bond acceptors (Lipinski definition) is 6. The summed E-state index contributed by atoms with van der Waals surface area (Å²) >= 11 is 0. The maximum Gasteiger partial charge on any atom is 0.292 e. The van der Waals surface area contributed by atoms with Crippen LogP contribution in [-0.2, 0) is 0 Å². The van der Waals surface area contributed by atoms with Crippen LogP contribution >= 0.6 is 0 Å². The number of benzene rings is 1. The molecular formula is C14H22N4O3. The van der Waals surface area contributed by atoms with Crippen molar-refractivity contribution < 1.29 is 10.0 Å². The van der Waals surface area contributed by atoms with E-state index in [1.54, 1.807) is 19.1 Å². The predicted molar refractivity (Wildman–Crippen MR) is 83.0 cm³/mol. The van der Waals surface area contributed by atoms with E-state index in [0.717, 1.165) is 31.9 Å². The molecule has 21 heavy (non-hydrogen) atoms. The highest BCUT2D eigenvalue weighted by Crippen LogP contribution is 2.30. The Morgan fingerprint density at radius 1 is 1.38 bits per heavy atom. The van der Waals surface area contributed by atoms with E-state index in [-0.39, 0.29) is 12.2 Å².